The molecule has 2 aromatic rings. The molecule has 0 spiro atoms. The maximum atomic E-state index is 13.4. The maximum Gasteiger partial charge on any atom is 0.335 e. The third kappa shape index (κ3) is 5.33. The minimum Gasteiger partial charge on any atom is -0.488 e. The Labute approximate surface area is 141 Å². The molecule has 1 radical (unpaired) electrons. The fraction of sp³-hybridized carbons (Fsp3) is 0.316. The van der Waals surface area contributed by atoms with Crippen LogP contribution in [0.25, 0.3) is 0 Å². The first-order valence-corrected chi connectivity index (χ1v) is 7.99. The summed E-state index contributed by atoms with van der Waals surface area (Å²) in [7, 11) is 0. The summed E-state index contributed by atoms with van der Waals surface area (Å²) < 4.78 is 19.1. The third-order valence-corrected chi connectivity index (χ3v) is 3.67. The highest BCUT2D eigenvalue weighted by atomic mass is 19.1. The Morgan fingerprint density at radius 2 is 2.08 bits per heavy atom. The predicted octanol–water partition coefficient (Wildman–Crippen LogP) is 4.43. The number of hydrogen-bond acceptors (Lipinski definition) is 3. The van der Waals surface area contributed by atoms with Gasteiger partial charge in [0.05, 0.1) is 5.56 Å². The van der Waals surface area contributed by atoms with Crippen LogP contribution in [0.15, 0.2) is 36.5 Å². The Morgan fingerprint density at radius 1 is 1.25 bits per heavy atom. The van der Waals surface area contributed by atoms with Crippen molar-refractivity contribution in [2.75, 3.05) is 0 Å². The fourth-order valence-corrected chi connectivity index (χ4v) is 2.39. The summed E-state index contributed by atoms with van der Waals surface area (Å²) in [5.41, 5.74) is 1.77. The number of carboxylic acids is 1. The van der Waals surface area contributed by atoms with Crippen LogP contribution in [0.3, 0.4) is 0 Å². The molecule has 2 rings (SSSR count). The van der Waals surface area contributed by atoms with E-state index in [1.165, 1.54) is 18.3 Å². The molecule has 0 aliphatic rings. The Kier molecular flexibility index (Phi) is 6.73. The molecule has 0 aliphatic heterocycles. The van der Waals surface area contributed by atoms with Gasteiger partial charge in [-0.05, 0) is 30.5 Å². The highest BCUT2D eigenvalue weighted by molar-refractivity contribution is 5.87. The van der Waals surface area contributed by atoms with Gasteiger partial charge in [-0.1, -0.05) is 38.3 Å². The maximum absolute atomic E-state index is 13.4. The highest BCUT2D eigenvalue weighted by Gasteiger charge is 2.09. The number of halogens is 1. The van der Waals surface area contributed by atoms with E-state index in [4.69, 9.17) is 9.84 Å². The molecule has 0 unspecified atom stereocenters. The second kappa shape index (κ2) is 9.01. The average molecular weight is 330 g/mol. The number of aromatic carboxylic acids is 1. The molecule has 0 saturated carbocycles. The van der Waals surface area contributed by atoms with Crippen molar-refractivity contribution < 1.29 is 19.0 Å². The summed E-state index contributed by atoms with van der Waals surface area (Å²) in [4.78, 5) is 14.7. The molecule has 5 heteroatoms. The molecule has 0 bridgehead atoms. The first-order valence-electron chi connectivity index (χ1n) is 7.99. The van der Waals surface area contributed by atoms with Crippen LogP contribution in [0.5, 0.6) is 5.75 Å². The monoisotopic (exact) mass is 330 g/mol. The molecule has 1 aromatic heterocycles. The molecule has 1 heterocycles. The first-order chi connectivity index (χ1) is 11.6. The molecule has 0 fully saturated rings. The van der Waals surface area contributed by atoms with E-state index in [9.17, 15) is 9.18 Å². The van der Waals surface area contributed by atoms with E-state index < -0.39 is 11.9 Å². The van der Waals surface area contributed by atoms with E-state index in [1.54, 1.807) is 18.2 Å². The van der Waals surface area contributed by atoms with Gasteiger partial charge in [-0.15, -0.1) is 0 Å². The number of nitrogens with zero attached hydrogens (tertiary/aromatic N) is 1. The summed E-state index contributed by atoms with van der Waals surface area (Å²) in [5.74, 6) is -1.12. The second-order valence-corrected chi connectivity index (χ2v) is 5.57. The molecule has 4 nitrogen and oxygen atoms in total. The lowest BCUT2D eigenvalue weighted by atomic mass is 10.1. The van der Waals surface area contributed by atoms with Gasteiger partial charge in [0.1, 0.15) is 12.4 Å². The van der Waals surface area contributed by atoms with Gasteiger partial charge in [0.25, 0.3) is 0 Å². The van der Waals surface area contributed by atoms with Gasteiger partial charge in [-0.2, -0.15) is 4.39 Å². The standard InChI is InChI=1S/C19H21FNO3/c1-2-3-4-5-8-16-12-21-18(20)11-17(16)24-13-14-7-6-9-15(10-14)19(22)23/h6-7,9-12H,1-5,8,13H2,(H,22,23). The van der Waals surface area contributed by atoms with Crippen LogP contribution >= 0.6 is 0 Å². The van der Waals surface area contributed by atoms with Crippen LogP contribution in [-0.4, -0.2) is 16.1 Å². The molecule has 24 heavy (non-hydrogen) atoms. The molecule has 0 atom stereocenters. The lowest BCUT2D eigenvalue weighted by Gasteiger charge is -2.12. The number of carbonyl (C=O) groups is 1. The van der Waals surface area contributed by atoms with Gasteiger partial charge >= 0.3 is 5.97 Å². The van der Waals surface area contributed by atoms with Crippen molar-refractivity contribution in [3.8, 4) is 5.75 Å². The third-order valence-electron chi connectivity index (χ3n) is 3.67. The predicted molar refractivity (Wildman–Crippen MR) is 89.5 cm³/mol. The average Bonchev–Trinajstić information content (AvgIpc) is 2.58. The number of aryl methyl sites for hydroxylation is 1. The van der Waals surface area contributed by atoms with E-state index >= 15 is 0 Å². The van der Waals surface area contributed by atoms with Gasteiger partial charge in [-0.3, -0.25) is 0 Å². The van der Waals surface area contributed by atoms with Gasteiger partial charge < -0.3 is 9.84 Å². The van der Waals surface area contributed by atoms with Crippen LogP contribution in [0, 0.1) is 12.9 Å². The number of carboxylic acid groups (broad SMARTS) is 1. The highest BCUT2D eigenvalue weighted by Crippen LogP contribution is 2.22. The van der Waals surface area contributed by atoms with Gasteiger partial charge in [0.2, 0.25) is 5.95 Å². The summed E-state index contributed by atoms with van der Waals surface area (Å²) in [6, 6.07) is 7.78. The van der Waals surface area contributed by atoms with E-state index in [-0.39, 0.29) is 12.2 Å². The van der Waals surface area contributed by atoms with Crippen LogP contribution in [0.4, 0.5) is 4.39 Å². The molecule has 0 amide bonds. The van der Waals surface area contributed by atoms with Crippen molar-refractivity contribution >= 4 is 5.97 Å². The molecule has 1 aromatic carbocycles. The molecule has 0 aliphatic carbocycles. The zero-order valence-corrected chi connectivity index (χ0v) is 13.5. The van der Waals surface area contributed by atoms with Crippen molar-refractivity contribution in [3.05, 3.63) is 66.1 Å². The van der Waals surface area contributed by atoms with E-state index in [0.717, 1.165) is 43.2 Å². The van der Waals surface area contributed by atoms with E-state index in [0.29, 0.717) is 5.75 Å². The lowest BCUT2D eigenvalue weighted by Crippen LogP contribution is -2.03. The largest absolute Gasteiger partial charge is 0.488 e. The van der Waals surface area contributed by atoms with Crippen molar-refractivity contribution in [1.82, 2.24) is 4.98 Å². The minimum absolute atomic E-state index is 0.177. The number of aromatic nitrogens is 1. The van der Waals surface area contributed by atoms with Crippen molar-refractivity contribution in [2.45, 2.75) is 38.7 Å². The van der Waals surface area contributed by atoms with Crippen LogP contribution in [-0.2, 0) is 13.0 Å². The zero-order valence-electron chi connectivity index (χ0n) is 13.5. The zero-order chi connectivity index (χ0) is 17.4. The Morgan fingerprint density at radius 3 is 2.83 bits per heavy atom. The Bertz CT molecular complexity index is 688. The summed E-state index contributed by atoms with van der Waals surface area (Å²) in [5, 5.41) is 9.01. The number of unbranched alkanes of at least 4 members (excludes halogenated alkanes) is 3. The Hall–Kier alpha value is -2.43. The van der Waals surface area contributed by atoms with Crippen LogP contribution < -0.4 is 4.74 Å². The SMILES string of the molecule is [CH2]CCCCCc1cnc(F)cc1OCc1cccc(C(=O)O)c1. The summed E-state index contributed by atoms with van der Waals surface area (Å²) in [6.07, 6.45) is 6.26. The number of benzene rings is 1. The smallest absolute Gasteiger partial charge is 0.335 e. The van der Waals surface area contributed by atoms with Gasteiger partial charge in [0, 0.05) is 17.8 Å². The summed E-state index contributed by atoms with van der Waals surface area (Å²) >= 11 is 0. The topological polar surface area (TPSA) is 59.4 Å². The fourth-order valence-electron chi connectivity index (χ4n) is 2.39. The van der Waals surface area contributed by atoms with E-state index in [1.807, 2.05) is 0 Å². The summed E-state index contributed by atoms with van der Waals surface area (Å²) in [6.45, 7) is 3.99. The molecular formula is C19H21FNO3. The van der Waals surface area contributed by atoms with Crippen molar-refractivity contribution in [2.24, 2.45) is 0 Å². The number of rotatable bonds is 9. The van der Waals surface area contributed by atoms with Crippen LogP contribution in [0.1, 0.15) is 47.2 Å². The molecular weight excluding hydrogens is 309 g/mol. The number of pyridine rings is 1. The number of ether oxygens (including phenoxy) is 1. The Balaban J connectivity index is 2.04. The van der Waals surface area contributed by atoms with Crippen molar-refractivity contribution in [1.29, 1.82) is 0 Å². The van der Waals surface area contributed by atoms with Crippen LogP contribution in [0.2, 0.25) is 0 Å². The molecule has 1 N–H and O–H groups in total. The first kappa shape index (κ1) is 17.9. The second-order valence-electron chi connectivity index (χ2n) is 5.57. The minimum atomic E-state index is -0.988. The van der Waals surface area contributed by atoms with E-state index in [2.05, 4.69) is 11.9 Å². The number of hydrogen-bond donors (Lipinski definition) is 1. The van der Waals surface area contributed by atoms with Gasteiger partial charge in [0.15, 0.2) is 0 Å². The van der Waals surface area contributed by atoms with Crippen molar-refractivity contribution in [3.63, 3.8) is 0 Å². The lowest BCUT2D eigenvalue weighted by molar-refractivity contribution is 0.0696. The quantitative estimate of drug-likeness (QED) is 0.545. The van der Waals surface area contributed by atoms with Gasteiger partial charge in [-0.25, -0.2) is 9.78 Å². The molecule has 0 saturated heterocycles. The normalized spacial score (nSPS) is 10.6. The molecule has 127 valence electrons.